The summed E-state index contributed by atoms with van der Waals surface area (Å²) in [7, 11) is 3.91. The molecule has 0 amide bonds. The van der Waals surface area contributed by atoms with Gasteiger partial charge in [-0.05, 0) is 14.1 Å². The summed E-state index contributed by atoms with van der Waals surface area (Å²) < 4.78 is 0. The third-order valence-corrected chi connectivity index (χ3v) is 2.27. The van der Waals surface area contributed by atoms with E-state index in [1.54, 1.807) is 6.20 Å². The number of carbonyl (C=O) groups is 1. The van der Waals surface area contributed by atoms with Crippen molar-refractivity contribution in [1.82, 2.24) is 9.88 Å². The summed E-state index contributed by atoms with van der Waals surface area (Å²) >= 11 is 1.40. The minimum absolute atomic E-state index is 0.138. The molecule has 0 atom stereocenters. The van der Waals surface area contributed by atoms with Crippen molar-refractivity contribution in [2.45, 2.75) is 6.42 Å². The van der Waals surface area contributed by atoms with E-state index in [0.717, 1.165) is 6.54 Å². The average molecular weight is 184 g/mol. The fraction of sp³-hybridized carbons (Fsp3) is 0.500. The first kappa shape index (κ1) is 9.35. The van der Waals surface area contributed by atoms with Crippen molar-refractivity contribution in [1.29, 1.82) is 0 Å². The SMILES string of the molecule is CN(C)CCC(=O)c1nccs1. The number of Topliss-reactive ketones (excluding diaryl/α,β-unsaturated/α-hetero) is 1. The number of thiazole rings is 1. The molecule has 0 bridgehead atoms. The summed E-state index contributed by atoms with van der Waals surface area (Å²) in [5.74, 6) is 0.138. The molecule has 1 aromatic rings. The monoisotopic (exact) mass is 184 g/mol. The summed E-state index contributed by atoms with van der Waals surface area (Å²) in [6, 6.07) is 0. The zero-order valence-corrected chi connectivity index (χ0v) is 8.10. The Morgan fingerprint density at radius 3 is 2.92 bits per heavy atom. The predicted octanol–water partition coefficient (Wildman–Crippen LogP) is 1.28. The maximum absolute atomic E-state index is 11.3. The molecule has 0 fully saturated rings. The molecule has 0 aliphatic carbocycles. The number of rotatable bonds is 4. The minimum atomic E-state index is 0.138. The Hall–Kier alpha value is -0.740. The molecular weight excluding hydrogens is 172 g/mol. The number of nitrogens with zero attached hydrogens (tertiary/aromatic N) is 2. The molecular formula is C8H12N2OS. The highest BCUT2D eigenvalue weighted by Crippen LogP contribution is 2.06. The quantitative estimate of drug-likeness (QED) is 0.661. The van der Waals surface area contributed by atoms with E-state index in [-0.39, 0.29) is 5.78 Å². The van der Waals surface area contributed by atoms with Crippen molar-refractivity contribution in [3.05, 3.63) is 16.6 Å². The van der Waals surface area contributed by atoms with Gasteiger partial charge in [0.25, 0.3) is 0 Å². The highest BCUT2D eigenvalue weighted by Gasteiger charge is 2.07. The van der Waals surface area contributed by atoms with Gasteiger partial charge >= 0.3 is 0 Å². The van der Waals surface area contributed by atoms with Gasteiger partial charge < -0.3 is 4.90 Å². The van der Waals surface area contributed by atoms with Crippen LogP contribution in [0.3, 0.4) is 0 Å². The number of hydrogen-bond donors (Lipinski definition) is 0. The second kappa shape index (κ2) is 4.33. The van der Waals surface area contributed by atoms with Crippen LogP contribution in [0.5, 0.6) is 0 Å². The van der Waals surface area contributed by atoms with Crippen molar-refractivity contribution in [3.63, 3.8) is 0 Å². The van der Waals surface area contributed by atoms with Crippen LogP contribution in [0.1, 0.15) is 16.2 Å². The highest BCUT2D eigenvalue weighted by atomic mass is 32.1. The van der Waals surface area contributed by atoms with Gasteiger partial charge in [0.15, 0.2) is 10.8 Å². The lowest BCUT2D eigenvalue weighted by molar-refractivity contribution is 0.0972. The van der Waals surface area contributed by atoms with E-state index in [4.69, 9.17) is 0 Å². The van der Waals surface area contributed by atoms with Gasteiger partial charge in [-0.25, -0.2) is 4.98 Å². The van der Waals surface area contributed by atoms with Crippen LogP contribution in [0.4, 0.5) is 0 Å². The summed E-state index contributed by atoms with van der Waals surface area (Å²) in [4.78, 5) is 17.3. The van der Waals surface area contributed by atoms with Gasteiger partial charge in [0.1, 0.15) is 0 Å². The molecule has 0 aromatic carbocycles. The molecule has 0 N–H and O–H groups in total. The number of aromatic nitrogens is 1. The Bertz CT molecular complexity index is 244. The van der Waals surface area contributed by atoms with E-state index in [2.05, 4.69) is 4.98 Å². The van der Waals surface area contributed by atoms with E-state index < -0.39 is 0 Å². The molecule has 0 unspecified atom stereocenters. The maximum atomic E-state index is 11.3. The first-order chi connectivity index (χ1) is 5.70. The van der Waals surface area contributed by atoms with Gasteiger partial charge in [-0.15, -0.1) is 11.3 Å². The molecule has 0 saturated heterocycles. The minimum Gasteiger partial charge on any atom is -0.309 e. The second-order valence-electron chi connectivity index (χ2n) is 2.81. The molecule has 3 nitrogen and oxygen atoms in total. The van der Waals surface area contributed by atoms with E-state index in [1.165, 1.54) is 11.3 Å². The van der Waals surface area contributed by atoms with Crippen molar-refractivity contribution >= 4 is 17.1 Å². The molecule has 1 rings (SSSR count). The van der Waals surface area contributed by atoms with Crippen molar-refractivity contribution < 1.29 is 4.79 Å². The summed E-state index contributed by atoms with van der Waals surface area (Å²) in [6.45, 7) is 0.790. The average Bonchev–Trinajstić information content (AvgIpc) is 2.51. The van der Waals surface area contributed by atoms with Crippen molar-refractivity contribution in [2.24, 2.45) is 0 Å². The van der Waals surface area contributed by atoms with Crippen LogP contribution in [0.2, 0.25) is 0 Å². The standard InChI is InChI=1S/C8H12N2OS/c1-10(2)5-3-7(11)8-9-4-6-12-8/h4,6H,3,5H2,1-2H3. The van der Waals surface area contributed by atoms with Gasteiger partial charge in [-0.3, -0.25) is 4.79 Å². The van der Waals surface area contributed by atoms with Crippen LogP contribution < -0.4 is 0 Å². The third kappa shape index (κ3) is 2.71. The molecule has 1 heterocycles. The van der Waals surface area contributed by atoms with E-state index >= 15 is 0 Å². The lowest BCUT2D eigenvalue weighted by Gasteiger charge is -2.06. The van der Waals surface area contributed by atoms with Gasteiger partial charge in [-0.2, -0.15) is 0 Å². The zero-order chi connectivity index (χ0) is 8.97. The van der Waals surface area contributed by atoms with Crippen LogP contribution in [0, 0.1) is 0 Å². The molecule has 0 radical (unpaired) electrons. The Morgan fingerprint density at radius 2 is 2.42 bits per heavy atom. The fourth-order valence-corrected chi connectivity index (χ4v) is 1.40. The third-order valence-electron chi connectivity index (χ3n) is 1.46. The van der Waals surface area contributed by atoms with E-state index in [0.29, 0.717) is 11.4 Å². The van der Waals surface area contributed by atoms with Gasteiger partial charge in [-0.1, -0.05) is 0 Å². The molecule has 12 heavy (non-hydrogen) atoms. The van der Waals surface area contributed by atoms with Crippen LogP contribution in [-0.2, 0) is 0 Å². The fourth-order valence-electron chi connectivity index (χ4n) is 0.793. The van der Waals surface area contributed by atoms with Crippen molar-refractivity contribution in [3.8, 4) is 0 Å². The Balaban J connectivity index is 2.40. The summed E-state index contributed by atoms with van der Waals surface area (Å²) in [6.07, 6.45) is 2.22. The van der Waals surface area contributed by atoms with Crippen LogP contribution in [0.15, 0.2) is 11.6 Å². The van der Waals surface area contributed by atoms with Crippen LogP contribution in [0.25, 0.3) is 0 Å². The number of carbonyl (C=O) groups excluding carboxylic acids is 1. The molecule has 0 saturated carbocycles. The molecule has 66 valence electrons. The Morgan fingerprint density at radius 1 is 1.67 bits per heavy atom. The first-order valence-electron chi connectivity index (χ1n) is 3.77. The number of ketones is 1. The molecule has 0 spiro atoms. The second-order valence-corrected chi connectivity index (χ2v) is 3.71. The van der Waals surface area contributed by atoms with E-state index in [1.807, 2.05) is 24.4 Å². The van der Waals surface area contributed by atoms with Crippen LogP contribution in [-0.4, -0.2) is 36.3 Å². The normalized spacial score (nSPS) is 10.6. The summed E-state index contributed by atoms with van der Waals surface area (Å²) in [5, 5.41) is 2.44. The smallest absolute Gasteiger partial charge is 0.192 e. The van der Waals surface area contributed by atoms with Gasteiger partial charge in [0, 0.05) is 24.5 Å². The number of hydrogen-bond acceptors (Lipinski definition) is 4. The molecule has 1 aromatic heterocycles. The van der Waals surface area contributed by atoms with Gasteiger partial charge in [0.05, 0.1) is 0 Å². The molecule has 0 aliphatic heterocycles. The maximum Gasteiger partial charge on any atom is 0.192 e. The zero-order valence-electron chi connectivity index (χ0n) is 7.28. The van der Waals surface area contributed by atoms with Gasteiger partial charge in [0.2, 0.25) is 0 Å². The highest BCUT2D eigenvalue weighted by molar-refractivity contribution is 7.11. The topological polar surface area (TPSA) is 33.2 Å². The largest absolute Gasteiger partial charge is 0.309 e. The molecule has 0 aliphatic rings. The Kier molecular flexibility index (Phi) is 3.37. The summed E-state index contributed by atoms with van der Waals surface area (Å²) in [5.41, 5.74) is 0. The van der Waals surface area contributed by atoms with Crippen LogP contribution >= 0.6 is 11.3 Å². The molecule has 4 heteroatoms. The van der Waals surface area contributed by atoms with Crippen molar-refractivity contribution in [2.75, 3.05) is 20.6 Å². The lowest BCUT2D eigenvalue weighted by Crippen LogP contribution is -2.16. The predicted molar refractivity (Wildman–Crippen MR) is 49.6 cm³/mol. The van der Waals surface area contributed by atoms with E-state index in [9.17, 15) is 4.79 Å². The Labute approximate surface area is 76.0 Å². The first-order valence-corrected chi connectivity index (χ1v) is 4.65. The lowest BCUT2D eigenvalue weighted by atomic mass is 10.3.